The van der Waals surface area contributed by atoms with Gasteiger partial charge in [0.25, 0.3) is 0 Å². The van der Waals surface area contributed by atoms with Gasteiger partial charge in [-0.15, -0.1) is 0 Å². The molecule has 1 saturated carbocycles. The molecule has 2 heteroatoms. The summed E-state index contributed by atoms with van der Waals surface area (Å²) in [6.07, 6.45) is 5.26. The minimum Gasteiger partial charge on any atom is -0.461 e. The Hall–Kier alpha value is -1.05. The number of rotatable bonds is 2. The highest BCUT2D eigenvalue weighted by Gasteiger charge is 2.65. The van der Waals surface area contributed by atoms with Crippen LogP contribution in [-0.4, -0.2) is 12.1 Å². The summed E-state index contributed by atoms with van der Waals surface area (Å²) in [4.78, 5) is 11.6. The Balaban J connectivity index is 2.35. The van der Waals surface area contributed by atoms with E-state index in [1.54, 1.807) is 0 Å². The second-order valence-corrected chi connectivity index (χ2v) is 6.00. The predicted molar refractivity (Wildman–Crippen MR) is 63.8 cm³/mol. The van der Waals surface area contributed by atoms with Crippen LogP contribution in [0.2, 0.25) is 0 Å². The Morgan fingerprint density at radius 1 is 1.50 bits per heavy atom. The molecular weight excluding hydrogens is 200 g/mol. The van der Waals surface area contributed by atoms with Gasteiger partial charge in [-0.25, -0.2) is 0 Å². The van der Waals surface area contributed by atoms with Gasteiger partial charge in [0.15, 0.2) is 0 Å². The average Bonchev–Trinajstić information content (AvgIpc) is 2.27. The fourth-order valence-corrected chi connectivity index (χ4v) is 2.95. The Kier molecular flexibility index (Phi) is 2.30. The molecule has 2 aliphatic rings. The zero-order chi connectivity index (χ0) is 12.1. The van der Waals surface area contributed by atoms with Crippen LogP contribution in [0.4, 0.5) is 0 Å². The molecule has 0 aromatic heterocycles. The smallest absolute Gasteiger partial charge is 0.313 e. The van der Waals surface area contributed by atoms with Gasteiger partial charge in [-0.1, -0.05) is 45.1 Å². The van der Waals surface area contributed by atoms with E-state index >= 15 is 0 Å². The Morgan fingerprint density at radius 2 is 2.12 bits per heavy atom. The molecule has 1 saturated heterocycles. The molecule has 2 rings (SSSR count). The van der Waals surface area contributed by atoms with Crippen molar-refractivity contribution in [3.05, 3.63) is 24.3 Å². The third-order valence-corrected chi connectivity index (χ3v) is 4.42. The molecule has 1 heterocycles. The van der Waals surface area contributed by atoms with Crippen LogP contribution < -0.4 is 0 Å². The van der Waals surface area contributed by atoms with Crippen molar-refractivity contribution in [2.45, 2.75) is 40.2 Å². The number of allylic oxidation sites excluding steroid dienone is 3. The Labute approximate surface area is 97.4 Å². The van der Waals surface area contributed by atoms with E-state index in [0.717, 1.165) is 12.0 Å². The molecule has 3 atom stereocenters. The zero-order valence-corrected chi connectivity index (χ0v) is 10.5. The van der Waals surface area contributed by atoms with E-state index in [-0.39, 0.29) is 28.8 Å². The number of hydrogen-bond donors (Lipinski definition) is 0. The van der Waals surface area contributed by atoms with Crippen molar-refractivity contribution in [2.75, 3.05) is 0 Å². The largest absolute Gasteiger partial charge is 0.461 e. The molecule has 0 bridgehead atoms. The van der Waals surface area contributed by atoms with Crippen molar-refractivity contribution >= 4 is 5.97 Å². The van der Waals surface area contributed by atoms with Crippen molar-refractivity contribution in [3.63, 3.8) is 0 Å². The summed E-state index contributed by atoms with van der Waals surface area (Å²) in [5, 5.41) is 0. The molecule has 1 aliphatic heterocycles. The zero-order valence-electron chi connectivity index (χ0n) is 10.5. The van der Waals surface area contributed by atoms with Gasteiger partial charge in [-0.3, -0.25) is 4.79 Å². The van der Waals surface area contributed by atoms with Crippen LogP contribution >= 0.6 is 0 Å². The maximum Gasteiger partial charge on any atom is 0.313 e. The summed E-state index contributed by atoms with van der Waals surface area (Å²) >= 11 is 0. The molecule has 0 N–H and O–H groups in total. The standard InChI is InChI=1S/C14H20O2/c1-9(2)6-7-14(5)11-10(16-12(11)15)8-13(14,3)4/h6-7,10-11H,1,8H2,2-5H3/b7-6-. The molecule has 0 aromatic carbocycles. The van der Waals surface area contributed by atoms with E-state index in [1.165, 1.54) is 0 Å². The highest BCUT2D eigenvalue weighted by atomic mass is 16.6. The quantitative estimate of drug-likeness (QED) is 0.528. The molecule has 0 spiro atoms. The number of ether oxygens (including phenoxy) is 1. The van der Waals surface area contributed by atoms with Crippen LogP contribution in [0.15, 0.2) is 24.3 Å². The first kappa shape index (κ1) is 11.4. The second kappa shape index (κ2) is 3.22. The lowest BCUT2D eigenvalue weighted by Gasteiger charge is -2.41. The monoisotopic (exact) mass is 220 g/mol. The lowest BCUT2D eigenvalue weighted by atomic mass is 9.64. The minimum atomic E-state index is -0.105. The summed E-state index contributed by atoms with van der Waals surface area (Å²) in [6.45, 7) is 12.4. The van der Waals surface area contributed by atoms with Gasteiger partial charge >= 0.3 is 5.97 Å². The van der Waals surface area contributed by atoms with Gasteiger partial charge in [-0.05, 0) is 18.8 Å². The molecule has 0 aromatic rings. The number of hydrogen-bond acceptors (Lipinski definition) is 2. The van der Waals surface area contributed by atoms with Crippen LogP contribution in [0.1, 0.15) is 34.1 Å². The van der Waals surface area contributed by atoms with Crippen LogP contribution in [0, 0.1) is 16.7 Å². The molecule has 0 radical (unpaired) electrons. The maximum atomic E-state index is 11.6. The van der Waals surface area contributed by atoms with E-state index in [9.17, 15) is 4.79 Å². The summed E-state index contributed by atoms with van der Waals surface area (Å²) in [5.41, 5.74) is 1.01. The molecule has 1 aliphatic carbocycles. The van der Waals surface area contributed by atoms with Crippen molar-refractivity contribution < 1.29 is 9.53 Å². The molecule has 16 heavy (non-hydrogen) atoms. The SMILES string of the molecule is C=C(C)/C=C\C1(C)C2C(=O)OC2CC1(C)C. The summed E-state index contributed by atoms with van der Waals surface area (Å²) in [7, 11) is 0. The van der Waals surface area contributed by atoms with Crippen LogP contribution in [-0.2, 0) is 9.53 Å². The maximum absolute atomic E-state index is 11.6. The lowest BCUT2D eigenvalue weighted by molar-refractivity contribution is -0.185. The fraction of sp³-hybridized carbons (Fsp3) is 0.643. The predicted octanol–water partition coefficient (Wildman–Crippen LogP) is 3.10. The number of carbonyl (C=O) groups excluding carboxylic acids is 1. The van der Waals surface area contributed by atoms with Gasteiger partial charge in [0.1, 0.15) is 12.0 Å². The van der Waals surface area contributed by atoms with Crippen molar-refractivity contribution in [2.24, 2.45) is 16.7 Å². The highest BCUT2D eigenvalue weighted by molar-refractivity contribution is 5.81. The number of fused-ring (bicyclic) bond motifs is 1. The third-order valence-electron chi connectivity index (χ3n) is 4.42. The molecular formula is C14H20O2. The minimum absolute atomic E-state index is 0.0376. The highest BCUT2D eigenvalue weighted by Crippen LogP contribution is 2.61. The normalized spacial score (nSPS) is 40.4. The van der Waals surface area contributed by atoms with Crippen molar-refractivity contribution in [3.8, 4) is 0 Å². The molecule has 2 fully saturated rings. The molecule has 3 unspecified atom stereocenters. The molecule has 2 nitrogen and oxygen atoms in total. The topological polar surface area (TPSA) is 26.3 Å². The first-order chi connectivity index (χ1) is 7.28. The first-order valence-electron chi connectivity index (χ1n) is 5.83. The van der Waals surface area contributed by atoms with Gasteiger partial charge in [0.05, 0.1) is 0 Å². The van der Waals surface area contributed by atoms with Crippen molar-refractivity contribution in [1.29, 1.82) is 0 Å². The second-order valence-electron chi connectivity index (χ2n) is 6.00. The fourth-order valence-electron chi connectivity index (χ4n) is 2.95. The third kappa shape index (κ3) is 1.35. The lowest BCUT2D eigenvalue weighted by Crippen LogP contribution is -2.48. The number of esters is 1. The molecule has 0 amide bonds. The van der Waals surface area contributed by atoms with E-state index in [2.05, 4.69) is 33.4 Å². The average molecular weight is 220 g/mol. The van der Waals surface area contributed by atoms with Crippen LogP contribution in [0.25, 0.3) is 0 Å². The van der Waals surface area contributed by atoms with Crippen molar-refractivity contribution in [1.82, 2.24) is 0 Å². The number of carbonyl (C=O) groups is 1. The van der Waals surface area contributed by atoms with Gasteiger partial charge in [0.2, 0.25) is 0 Å². The van der Waals surface area contributed by atoms with E-state index in [0.29, 0.717) is 0 Å². The van der Waals surface area contributed by atoms with E-state index < -0.39 is 0 Å². The van der Waals surface area contributed by atoms with E-state index in [1.807, 2.05) is 13.0 Å². The molecule has 88 valence electrons. The Morgan fingerprint density at radius 3 is 2.62 bits per heavy atom. The first-order valence-corrected chi connectivity index (χ1v) is 5.83. The summed E-state index contributed by atoms with van der Waals surface area (Å²) in [6, 6.07) is 0. The van der Waals surface area contributed by atoms with Crippen LogP contribution in [0.3, 0.4) is 0 Å². The Bertz CT molecular complexity index is 378. The van der Waals surface area contributed by atoms with Crippen LogP contribution in [0.5, 0.6) is 0 Å². The van der Waals surface area contributed by atoms with Gasteiger partial charge in [0, 0.05) is 5.41 Å². The summed E-state index contributed by atoms with van der Waals surface area (Å²) in [5.74, 6) is 0.00235. The summed E-state index contributed by atoms with van der Waals surface area (Å²) < 4.78 is 5.21. The van der Waals surface area contributed by atoms with Gasteiger partial charge < -0.3 is 4.74 Å². The van der Waals surface area contributed by atoms with E-state index in [4.69, 9.17) is 4.74 Å². The van der Waals surface area contributed by atoms with Gasteiger partial charge in [-0.2, -0.15) is 0 Å².